The van der Waals surface area contributed by atoms with E-state index < -0.39 is 5.60 Å². The molecule has 0 spiro atoms. The summed E-state index contributed by atoms with van der Waals surface area (Å²) in [4.78, 5) is 19.2. The summed E-state index contributed by atoms with van der Waals surface area (Å²) >= 11 is 7.21. The number of halogens is 1. The maximum absolute atomic E-state index is 12.4. The molecule has 42 heavy (non-hydrogen) atoms. The number of aryl methyl sites for hydroxylation is 2. The summed E-state index contributed by atoms with van der Waals surface area (Å²) in [6.45, 7) is 1.91. The van der Waals surface area contributed by atoms with Gasteiger partial charge < -0.3 is 9.67 Å². The number of nitrogens with zero attached hydrogens (tertiary/aromatic N) is 7. The molecule has 212 valence electrons. The first-order chi connectivity index (χ1) is 20.3. The van der Waals surface area contributed by atoms with Crippen molar-refractivity contribution < 1.29 is 9.94 Å². The number of anilines is 1. The van der Waals surface area contributed by atoms with Crippen LogP contribution < -0.4 is 5.06 Å². The molecule has 0 aliphatic heterocycles. The van der Waals surface area contributed by atoms with Gasteiger partial charge in [-0.15, -0.1) is 0 Å². The van der Waals surface area contributed by atoms with Crippen LogP contribution in [0.4, 0.5) is 5.82 Å². The Morgan fingerprint density at radius 1 is 1.05 bits per heavy atom. The van der Waals surface area contributed by atoms with Gasteiger partial charge in [-0.2, -0.15) is 5.10 Å². The molecule has 6 aromatic rings. The fourth-order valence-electron chi connectivity index (χ4n) is 5.22. The number of pyridine rings is 2. The Hall–Kier alpha value is -4.57. The first kappa shape index (κ1) is 27.6. The minimum absolute atomic E-state index is 0.516. The lowest BCUT2D eigenvalue weighted by molar-refractivity contribution is 0.117. The number of fused-ring (bicyclic) bond motifs is 1. The molecule has 9 nitrogen and oxygen atoms in total. The molecule has 0 saturated carbocycles. The van der Waals surface area contributed by atoms with E-state index in [2.05, 4.69) is 27.2 Å². The van der Waals surface area contributed by atoms with E-state index in [4.69, 9.17) is 21.4 Å². The van der Waals surface area contributed by atoms with Crippen molar-refractivity contribution in [1.29, 1.82) is 0 Å². The van der Waals surface area contributed by atoms with Gasteiger partial charge in [-0.05, 0) is 54.4 Å². The summed E-state index contributed by atoms with van der Waals surface area (Å²) in [7, 11) is 5.25. The first-order valence-electron chi connectivity index (χ1n) is 13.4. The Morgan fingerprint density at radius 3 is 2.48 bits per heavy atom. The molecule has 1 unspecified atom stereocenters. The standard InChI is InChI=1S/C32H30ClN7O2/c1-21-6-9-24(18-35-21)32(41,29-19-34-20-38(29)2)23-10-13-28-26(17-23)30(33)27(31(37-28)39(3)42-4)16-22-7-11-25(12-8-22)40-15-5-14-36-40/h5-15,17-20,41H,16H2,1-4H3. The fourth-order valence-corrected chi connectivity index (χ4v) is 5.53. The van der Waals surface area contributed by atoms with Crippen molar-refractivity contribution >= 4 is 28.3 Å². The Kier molecular flexibility index (Phi) is 7.24. The van der Waals surface area contributed by atoms with Crippen LogP contribution in [-0.4, -0.2) is 48.6 Å². The quantitative estimate of drug-likeness (QED) is 0.242. The largest absolute Gasteiger partial charge is 0.374 e. The average Bonchev–Trinajstić information content (AvgIpc) is 3.71. The monoisotopic (exact) mass is 579 g/mol. The Balaban J connectivity index is 1.49. The number of rotatable bonds is 8. The summed E-state index contributed by atoms with van der Waals surface area (Å²) in [5.74, 6) is 0.614. The van der Waals surface area contributed by atoms with Gasteiger partial charge in [-0.25, -0.2) is 19.7 Å². The maximum atomic E-state index is 12.4. The summed E-state index contributed by atoms with van der Waals surface area (Å²) < 4.78 is 3.62. The smallest absolute Gasteiger partial charge is 0.158 e. The second-order valence-electron chi connectivity index (χ2n) is 10.2. The van der Waals surface area contributed by atoms with E-state index >= 15 is 0 Å². The molecule has 0 amide bonds. The molecule has 4 aromatic heterocycles. The van der Waals surface area contributed by atoms with E-state index in [9.17, 15) is 5.11 Å². The SMILES string of the molecule is CON(C)c1nc2ccc(C(O)(c3ccc(C)nc3)c3cncn3C)cc2c(Cl)c1Cc1ccc(-n2cccn2)cc1. The summed E-state index contributed by atoms with van der Waals surface area (Å²) in [5.41, 5.74) is 4.66. The number of imidazole rings is 1. The molecule has 1 atom stereocenters. The third-order valence-corrected chi connectivity index (χ3v) is 8.02. The minimum Gasteiger partial charge on any atom is -0.374 e. The van der Waals surface area contributed by atoms with E-state index in [1.165, 1.54) is 0 Å². The van der Waals surface area contributed by atoms with Crippen molar-refractivity contribution in [2.75, 3.05) is 19.2 Å². The summed E-state index contributed by atoms with van der Waals surface area (Å²) in [6, 6.07) is 19.4. The van der Waals surface area contributed by atoms with E-state index in [1.54, 1.807) is 48.7 Å². The van der Waals surface area contributed by atoms with E-state index in [0.29, 0.717) is 45.0 Å². The van der Waals surface area contributed by atoms with Crippen molar-refractivity contribution in [2.45, 2.75) is 18.9 Å². The highest BCUT2D eigenvalue weighted by atomic mass is 35.5. The zero-order valence-electron chi connectivity index (χ0n) is 23.7. The van der Waals surface area contributed by atoms with Gasteiger partial charge in [0.2, 0.25) is 0 Å². The van der Waals surface area contributed by atoms with Gasteiger partial charge in [-0.3, -0.25) is 9.82 Å². The van der Waals surface area contributed by atoms with Crippen LogP contribution in [0.25, 0.3) is 16.6 Å². The van der Waals surface area contributed by atoms with Crippen molar-refractivity contribution in [1.82, 2.24) is 29.3 Å². The molecule has 4 heterocycles. The third kappa shape index (κ3) is 4.81. The zero-order valence-corrected chi connectivity index (χ0v) is 24.5. The lowest BCUT2D eigenvalue weighted by Gasteiger charge is -2.30. The third-order valence-electron chi connectivity index (χ3n) is 7.59. The van der Waals surface area contributed by atoms with Crippen LogP contribution in [-0.2, 0) is 23.9 Å². The molecule has 1 N–H and O–H groups in total. The molecular weight excluding hydrogens is 550 g/mol. The van der Waals surface area contributed by atoms with Crippen molar-refractivity contribution in [3.63, 3.8) is 0 Å². The van der Waals surface area contributed by atoms with Gasteiger partial charge in [0.15, 0.2) is 11.4 Å². The number of aromatic nitrogens is 6. The molecule has 0 radical (unpaired) electrons. The Labute approximate surface area is 248 Å². The molecular formula is C32H30ClN7O2. The van der Waals surface area contributed by atoms with Crippen molar-refractivity contribution in [3.05, 3.63) is 130 Å². The highest BCUT2D eigenvalue weighted by Crippen LogP contribution is 2.40. The molecule has 10 heteroatoms. The van der Waals surface area contributed by atoms with Gasteiger partial charge in [0.05, 0.1) is 41.6 Å². The molecule has 0 fully saturated rings. The highest BCUT2D eigenvalue weighted by Gasteiger charge is 2.37. The normalized spacial score (nSPS) is 12.9. The van der Waals surface area contributed by atoms with E-state index in [0.717, 1.165) is 22.5 Å². The van der Waals surface area contributed by atoms with Gasteiger partial charge in [0, 0.05) is 61.3 Å². The number of hydrogen-bond acceptors (Lipinski definition) is 7. The van der Waals surface area contributed by atoms with Crippen LogP contribution in [0.3, 0.4) is 0 Å². The molecule has 0 aliphatic carbocycles. The van der Waals surface area contributed by atoms with Crippen molar-refractivity contribution in [3.8, 4) is 5.69 Å². The molecule has 0 saturated heterocycles. The number of hydrogen-bond donors (Lipinski definition) is 1. The van der Waals surface area contributed by atoms with Crippen LogP contribution >= 0.6 is 11.6 Å². The van der Waals surface area contributed by atoms with Gasteiger partial charge in [-0.1, -0.05) is 35.9 Å². The van der Waals surface area contributed by atoms with E-state index in [-0.39, 0.29) is 0 Å². The fraction of sp³-hybridized carbons (Fsp3) is 0.188. The van der Waals surface area contributed by atoms with Crippen LogP contribution in [0, 0.1) is 6.92 Å². The van der Waals surface area contributed by atoms with Gasteiger partial charge >= 0.3 is 0 Å². The second-order valence-corrected chi connectivity index (χ2v) is 10.6. The minimum atomic E-state index is -1.53. The van der Waals surface area contributed by atoms with E-state index in [1.807, 2.05) is 73.4 Å². The van der Waals surface area contributed by atoms with Crippen LogP contribution in [0.1, 0.15) is 33.6 Å². The Bertz CT molecular complexity index is 1850. The molecule has 0 bridgehead atoms. The predicted octanol–water partition coefficient (Wildman–Crippen LogP) is 5.38. The molecule has 0 aliphatic rings. The number of hydroxylamine groups is 1. The topological polar surface area (TPSA) is 94.1 Å². The predicted molar refractivity (Wildman–Crippen MR) is 163 cm³/mol. The molecule has 6 rings (SSSR count). The van der Waals surface area contributed by atoms with Crippen LogP contribution in [0.5, 0.6) is 0 Å². The second kappa shape index (κ2) is 11.0. The molecule has 2 aromatic carbocycles. The average molecular weight is 580 g/mol. The first-order valence-corrected chi connectivity index (χ1v) is 13.8. The van der Waals surface area contributed by atoms with Crippen LogP contribution in [0.2, 0.25) is 5.02 Å². The van der Waals surface area contributed by atoms with Gasteiger partial charge in [0.25, 0.3) is 0 Å². The lowest BCUT2D eigenvalue weighted by Crippen LogP contribution is -2.31. The zero-order chi connectivity index (χ0) is 29.4. The van der Waals surface area contributed by atoms with Gasteiger partial charge in [0.1, 0.15) is 0 Å². The number of aliphatic hydroxyl groups is 1. The maximum Gasteiger partial charge on any atom is 0.158 e. The lowest BCUT2D eigenvalue weighted by atomic mass is 9.83. The van der Waals surface area contributed by atoms with Crippen LogP contribution in [0.15, 0.2) is 91.8 Å². The highest BCUT2D eigenvalue weighted by molar-refractivity contribution is 6.36. The Morgan fingerprint density at radius 2 is 1.83 bits per heavy atom. The number of benzene rings is 2. The van der Waals surface area contributed by atoms with Crippen molar-refractivity contribution in [2.24, 2.45) is 7.05 Å². The summed E-state index contributed by atoms with van der Waals surface area (Å²) in [5, 5.41) is 19.6. The summed E-state index contributed by atoms with van der Waals surface area (Å²) in [6.07, 6.45) is 9.20.